The number of hydrogen-bond acceptors (Lipinski definition) is 3. The van der Waals surface area contributed by atoms with Crippen molar-refractivity contribution in [1.29, 1.82) is 0 Å². The van der Waals surface area contributed by atoms with Crippen molar-refractivity contribution in [2.75, 3.05) is 0 Å². The molecule has 0 aromatic rings. The minimum absolute atomic E-state index is 0.260. The number of rotatable bonds is 3. The van der Waals surface area contributed by atoms with Crippen molar-refractivity contribution in [2.45, 2.75) is 24.5 Å². The van der Waals surface area contributed by atoms with Gasteiger partial charge >= 0.3 is 11.9 Å². The average molecular weight is 236 g/mol. The van der Waals surface area contributed by atoms with Crippen LogP contribution in [0.1, 0.15) is 19.3 Å². The Morgan fingerprint density at radius 3 is 1.73 bits per heavy atom. The van der Waals surface area contributed by atoms with Crippen LogP contribution in [-0.4, -0.2) is 36.2 Å². The van der Waals surface area contributed by atoms with E-state index in [1.807, 2.05) is 0 Å². The normalized spacial score (nSPS) is 33.3. The SMILES string of the molecule is O=C(O)C1CCCC(C(=O)O)C1S(=O)O. The molecule has 6 nitrogen and oxygen atoms in total. The molecule has 15 heavy (non-hydrogen) atoms. The highest BCUT2D eigenvalue weighted by Crippen LogP contribution is 2.33. The van der Waals surface area contributed by atoms with Crippen molar-refractivity contribution in [2.24, 2.45) is 11.8 Å². The Hall–Kier alpha value is -0.950. The van der Waals surface area contributed by atoms with Crippen molar-refractivity contribution in [3.63, 3.8) is 0 Å². The zero-order valence-electron chi connectivity index (χ0n) is 7.83. The van der Waals surface area contributed by atoms with Gasteiger partial charge in [-0.05, 0) is 12.8 Å². The second-order valence-corrected chi connectivity index (χ2v) is 4.66. The smallest absolute Gasteiger partial charge is 0.307 e. The summed E-state index contributed by atoms with van der Waals surface area (Å²) in [6, 6.07) is 0. The molecule has 1 fully saturated rings. The van der Waals surface area contributed by atoms with Crippen molar-refractivity contribution in [3.05, 3.63) is 0 Å². The molecule has 0 aromatic heterocycles. The molecule has 0 aliphatic heterocycles. The van der Waals surface area contributed by atoms with Gasteiger partial charge in [-0.25, -0.2) is 4.21 Å². The predicted octanol–water partition coefficient (Wildman–Crippen LogP) is 0.162. The van der Waals surface area contributed by atoms with Crippen LogP contribution in [0.2, 0.25) is 0 Å². The quantitative estimate of drug-likeness (QED) is 0.602. The molecular weight excluding hydrogens is 224 g/mol. The Labute approximate surface area is 88.6 Å². The first-order valence-corrected chi connectivity index (χ1v) is 5.67. The van der Waals surface area contributed by atoms with Gasteiger partial charge in [0.05, 0.1) is 17.1 Å². The minimum atomic E-state index is -2.41. The van der Waals surface area contributed by atoms with E-state index < -0.39 is 40.1 Å². The Morgan fingerprint density at radius 2 is 1.47 bits per heavy atom. The van der Waals surface area contributed by atoms with E-state index in [1.165, 1.54) is 0 Å². The highest BCUT2D eigenvalue weighted by Gasteiger charge is 2.44. The number of carbonyl (C=O) groups is 2. The van der Waals surface area contributed by atoms with Crippen LogP contribution in [0.15, 0.2) is 0 Å². The summed E-state index contributed by atoms with van der Waals surface area (Å²) in [7, 11) is 0. The minimum Gasteiger partial charge on any atom is -0.481 e. The van der Waals surface area contributed by atoms with Gasteiger partial charge in [-0.2, -0.15) is 0 Å². The first kappa shape index (κ1) is 12.1. The average Bonchev–Trinajstić information content (AvgIpc) is 2.16. The van der Waals surface area contributed by atoms with E-state index in [1.54, 1.807) is 0 Å². The van der Waals surface area contributed by atoms with Gasteiger partial charge in [0.15, 0.2) is 11.1 Å². The van der Waals surface area contributed by atoms with E-state index in [2.05, 4.69) is 0 Å². The summed E-state index contributed by atoms with van der Waals surface area (Å²) in [5.74, 6) is -4.47. The summed E-state index contributed by atoms with van der Waals surface area (Å²) < 4.78 is 19.9. The van der Waals surface area contributed by atoms with Crippen LogP contribution in [-0.2, 0) is 20.7 Å². The largest absolute Gasteiger partial charge is 0.481 e. The summed E-state index contributed by atoms with van der Waals surface area (Å²) in [6.07, 6.45) is 0.980. The molecule has 0 radical (unpaired) electrons. The van der Waals surface area contributed by atoms with E-state index in [9.17, 15) is 13.8 Å². The van der Waals surface area contributed by atoms with Crippen LogP contribution in [0.3, 0.4) is 0 Å². The van der Waals surface area contributed by atoms with Gasteiger partial charge in [0.2, 0.25) is 0 Å². The van der Waals surface area contributed by atoms with E-state index in [0.29, 0.717) is 6.42 Å². The van der Waals surface area contributed by atoms with E-state index >= 15 is 0 Å². The Kier molecular flexibility index (Phi) is 3.81. The lowest BCUT2D eigenvalue weighted by Crippen LogP contribution is -2.44. The molecule has 3 unspecified atom stereocenters. The highest BCUT2D eigenvalue weighted by molar-refractivity contribution is 7.80. The standard InChI is InChI=1S/C8H12O6S/c9-7(10)4-2-1-3-5(8(11)12)6(4)15(13)14/h4-6H,1-3H2,(H,9,10)(H,11,12)(H,13,14). The molecule has 0 saturated heterocycles. The summed E-state index contributed by atoms with van der Waals surface area (Å²) in [5.41, 5.74) is 0. The molecule has 1 aliphatic carbocycles. The third-order valence-electron chi connectivity index (χ3n) is 2.69. The highest BCUT2D eigenvalue weighted by atomic mass is 32.2. The maximum absolute atomic E-state index is 11.0. The third-order valence-corrected chi connectivity index (χ3v) is 3.81. The second kappa shape index (κ2) is 4.71. The molecule has 1 aliphatic rings. The zero-order chi connectivity index (χ0) is 11.6. The first-order valence-electron chi connectivity index (χ1n) is 4.50. The molecule has 3 atom stereocenters. The second-order valence-electron chi connectivity index (χ2n) is 3.56. The topological polar surface area (TPSA) is 112 Å². The molecule has 0 bridgehead atoms. The number of hydrogen-bond donors (Lipinski definition) is 3. The van der Waals surface area contributed by atoms with Crippen LogP contribution < -0.4 is 0 Å². The van der Waals surface area contributed by atoms with Gasteiger partial charge in [0.1, 0.15) is 0 Å². The third kappa shape index (κ3) is 2.54. The van der Waals surface area contributed by atoms with Crippen molar-refractivity contribution < 1.29 is 28.6 Å². The van der Waals surface area contributed by atoms with E-state index in [4.69, 9.17) is 14.8 Å². The van der Waals surface area contributed by atoms with Gasteiger partial charge < -0.3 is 14.8 Å². The maximum atomic E-state index is 11.0. The van der Waals surface area contributed by atoms with Crippen LogP contribution in [0.5, 0.6) is 0 Å². The summed E-state index contributed by atoms with van der Waals surface area (Å²) in [5, 5.41) is 16.4. The van der Waals surface area contributed by atoms with Crippen LogP contribution in [0, 0.1) is 11.8 Å². The summed E-state index contributed by atoms with van der Waals surface area (Å²) in [6.45, 7) is 0. The molecule has 3 N–H and O–H groups in total. The van der Waals surface area contributed by atoms with Gasteiger partial charge in [0.25, 0.3) is 0 Å². The fourth-order valence-corrected chi connectivity index (χ4v) is 3.04. The Morgan fingerprint density at radius 1 is 1.07 bits per heavy atom. The van der Waals surface area contributed by atoms with Gasteiger partial charge in [-0.15, -0.1) is 0 Å². The van der Waals surface area contributed by atoms with Crippen LogP contribution in [0.4, 0.5) is 0 Å². The Balaban J connectivity index is 2.95. The fourth-order valence-electron chi connectivity index (χ4n) is 1.98. The van der Waals surface area contributed by atoms with Gasteiger partial charge in [0, 0.05) is 0 Å². The van der Waals surface area contributed by atoms with Crippen LogP contribution in [0.25, 0.3) is 0 Å². The zero-order valence-corrected chi connectivity index (χ0v) is 8.64. The number of carboxylic acid groups (broad SMARTS) is 2. The number of aliphatic carboxylic acids is 2. The van der Waals surface area contributed by atoms with Crippen molar-refractivity contribution in [1.82, 2.24) is 0 Å². The van der Waals surface area contributed by atoms with E-state index in [-0.39, 0.29) is 12.8 Å². The first-order chi connectivity index (χ1) is 6.95. The molecule has 1 rings (SSSR count). The van der Waals surface area contributed by atoms with Gasteiger partial charge in [-0.3, -0.25) is 9.59 Å². The van der Waals surface area contributed by atoms with E-state index in [0.717, 1.165) is 0 Å². The molecule has 0 heterocycles. The molecule has 1 saturated carbocycles. The summed E-state index contributed by atoms with van der Waals surface area (Å²) >= 11 is -2.41. The molecule has 0 amide bonds. The van der Waals surface area contributed by atoms with Gasteiger partial charge in [-0.1, -0.05) is 6.42 Å². The monoisotopic (exact) mass is 236 g/mol. The predicted molar refractivity (Wildman–Crippen MR) is 50.7 cm³/mol. The lowest BCUT2D eigenvalue weighted by atomic mass is 9.81. The Bertz CT molecular complexity index is 280. The molecule has 0 spiro atoms. The van der Waals surface area contributed by atoms with Crippen LogP contribution >= 0.6 is 0 Å². The lowest BCUT2D eigenvalue weighted by molar-refractivity contribution is -0.147. The van der Waals surface area contributed by atoms with Crippen molar-refractivity contribution >= 4 is 23.0 Å². The molecule has 86 valence electrons. The van der Waals surface area contributed by atoms with Crippen molar-refractivity contribution in [3.8, 4) is 0 Å². The molecule has 7 heteroatoms. The number of carboxylic acids is 2. The molecule has 0 aromatic carbocycles. The molecular formula is C8H12O6S. The summed E-state index contributed by atoms with van der Waals surface area (Å²) in [4.78, 5) is 21.6. The maximum Gasteiger partial charge on any atom is 0.307 e. The lowest BCUT2D eigenvalue weighted by Gasteiger charge is -2.30. The fraction of sp³-hybridized carbons (Fsp3) is 0.750.